The fraction of sp³-hybridized carbons (Fsp3) is 0.100. The maximum Gasteiger partial charge on any atom is 0.489 e. The Morgan fingerprint density at radius 3 is 2.24 bits per heavy atom. The number of benzene rings is 3. The summed E-state index contributed by atoms with van der Waals surface area (Å²) in [6.07, 6.45) is -4.64. The topological polar surface area (TPSA) is 49.7 Å². The molecule has 0 fully saturated rings. The molecule has 0 spiro atoms. The van der Waals surface area contributed by atoms with Gasteiger partial charge in [-0.25, -0.2) is 8.78 Å². The minimum absolute atomic E-state index is 0.00715. The van der Waals surface area contributed by atoms with Crippen LogP contribution in [0, 0.1) is 11.6 Å². The van der Waals surface area contributed by atoms with Crippen molar-refractivity contribution < 1.29 is 36.7 Å². The second kappa shape index (κ2) is 8.22. The minimum Gasteiger partial charge on any atom is -0.488 e. The Bertz CT molecular complexity index is 1020. The van der Waals surface area contributed by atoms with Crippen LogP contribution in [0.4, 0.5) is 22.0 Å². The molecule has 0 unspecified atom stereocenters. The van der Waals surface area contributed by atoms with E-state index in [0.29, 0.717) is 6.07 Å². The van der Waals surface area contributed by atoms with Crippen molar-refractivity contribution >= 4 is 12.6 Å². The number of halogens is 5. The molecule has 0 aliphatic heterocycles. The Kier molecular flexibility index (Phi) is 5.90. The molecule has 0 aliphatic rings. The van der Waals surface area contributed by atoms with Crippen LogP contribution in [0.5, 0.6) is 5.75 Å². The van der Waals surface area contributed by atoms with E-state index in [-0.39, 0.29) is 34.5 Å². The number of ether oxygens (including phenoxy) is 1. The molecule has 0 aromatic heterocycles. The monoisotopic (exact) mass is 408 g/mol. The lowest BCUT2D eigenvalue weighted by atomic mass is 9.75. The van der Waals surface area contributed by atoms with Crippen molar-refractivity contribution in [1.82, 2.24) is 0 Å². The molecule has 9 heteroatoms. The zero-order chi connectivity index (χ0) is 21.2. The molecule has 0 amide bonds. The van der Waals surface area contributed by atoms with Gasteiger partial charge in [0.2, 0.25) is 0 Å². The van der Waals surface area contributed by atoms with E-state index in [1.807, 2.05) is 0 Å². The van der Waals surface area contributed by atoms with E-state index in [1.165, 1.54) is 30.3 Å². The van der Waals surface area contributed by atoms with E-state index in [4.69, 9.17) is 4.74 Å². The molecule has 3 aromatic carbocycles. The van der Waals surface area contributed by atoms with Gasteiger partial charge in [-0.3, -0.25) is 0 Å². The number of hydrogen-bond acceptors (Lipinski definition) is 3. The molecule has 150 valence electrons. The predicted molar refractivity (Wildman–Crippen MR) is 97.4 cm³/mol. The molecule has 3 nitrogen and oxygen atoms in total. The van der Waals surface area contributed by atoms with Crippen molar-refractivity contribution in [2.24, 2.45) is 0 Å². The maximum atomic E-state index is 13.8. The normalized spacial score (nSPS) is 11.4. The average Bonchev–Trinajstić information content (AvgIpc) is 2.66. The Morgan fingerprint density at radius 2 is 1.59 bits per heavy atom. The highest BCUT2D eigenvalue weighted by molar-refractivity contribution is 6.60. The highest BCUT2D eigenvalue weighted by atomic mass is 19.4. The molecule has 0 aliphatic carbocycles. The van der Waals surface area contributed by atoms with Crippen molar-refractivity contribution in [3.63, 3.8) is 0 Å². The highest BCUT2D eigenvalue weighted by Crippen LogP contribution is 2.37. The minimum atomic E-state index is -4.64. The molecule has 3 aromatic rings. The number of hydrogen-bond donors (Lipinski definition) is 2. The van der Waals surface area contributed by atoms with Crippen LogP contribution in [0.3, 0.4) is 0 Å². The second-order valence-corrected chi connectivity index (χ2v) is 6.19. The first-order valence-corrected chi connectivity index (χ1v) is 8.40. The van der Waals surface area contributed by atoms with Crippen LogP contribution in [0.1, 0.15) is 11.1 Å². The molecule has 0 saturated carbocycles. The fourth-order valence-electron chi connectivity index (χ4n) is 2.80. The summed E-state index contributed by atoms with van der Waals surface area (Å²) in [4.78, 5) is 0. The van der Waals surface area contributed by atoms with E-state index < -0.39 is 30.5 Å². The summed E-state index contributed by atoms with van der Waals surface area (Å²) < 4.78 is 72.0. The molecule has 3 rings (SSSR count). The van der Waals surface area contributed by atoms with Gasteiger partial charge in [0.1, 0.15) is 24.0 Å². The van der Waals surface area contributed by atoms with Crippen molar-refractivity contribution in [2.45, 2.75) is 12.8 Å². The maximum absolute atomic E-state index is 13.8. The molecular formula is C20H14BF5O3. The third-order valence-electron chi connectivity index (χ3n) is 4.23. The summed E-state index contributed by atoms with van der Waals surface area (Å²) in [5.74, 6) is -1.66. The Labute approximate surface area is 163 Å². The Hall–Kier alpha value is -2.91. The van der Waals surface area contributed by atoms with Crippen LogP contribution < -0.4 is 10.2 Å². The van der Waals surface area contributed by atoms with Gasteiger partial charge in [0.15, 0.2) is 0 Å². The van der Waals surface area contributed by atoms with Crippen LogP contribution in [-0.2, 0) is 12.8 Å². The van der Waals surface area contributed by atoms with Gasteiger partial charge in [0.05, 0.1) is 5.56 Å². The highest BCUT2D eigenvalue weighted by Gasteiger charge is 2.32. The third kappa shape index (κ3) is 4.75. The Balaban J connectivity index is 2.05. The van der Waals surface area contributed by atoms with Crippen LogP contribution in [-0.4, -0.2) is 17.2 Å². The van der Waals surface area contributed by atoms with Gasteiger partial charge in [-0.15, -0.1) is 0 Å². The first-order valence-electron chi connectivity index (χ1n) is 8.40. The van der Waals surface area contributed by atoms with Crippen LogP contribution in [0.2, 0.25) is 0 Å². The zero-order valence-corrected chi connectivity index (χ0v) is 14.8. The SMILES string of the molecule is OB(O)c1ccccc1-c1cc(C(F)(F)F)ccc1OCc1ccc(F)cc1F. The lowest BCUT2D eigenvalue weighted by Gasteiger charge is -2.17. The molecule has 0 saturated heterocycles. The van der Waals surface area contributed by atoms with Gasteiger partial charge in [0, 0.05) is 17.2 Å². The van der Waals surface area contributed by atoms with Gasteiger partial charge in [0.25, 0.3) is 0 Å². The summed E-state index contributed by atoms with van der Waals surface area (Å²) >= 11 is 0. The lowest BCUT2D eigenvalue weighted by molar-refractivity contribution is -0.137. The number of rotatable bonds is 5. The first kappa shape index (κ1) is 20.8. The van der Waals surface area contributed by atoms with Gasteiger partial charge >= 0.3 is 13.3 Å². The van der Waals surface area contributed by atoms with Gasteiger partial charge in [-0.1, -0.05) is 24.3 Å². The van der Waals surface area contributed by atoms with Crippen molar-refractivity contribution in [3.05, 3.63) is 83.4 Å². The molecule has 0 bridgehead atoms. The van der Waals surface area contributed by atoms with E-state index in [1.54, 1.807) is 0 Å². The van der Waals surface area contributed by atoms with E-state index in [0.717, 1.165) is 24.3 Å². The van der Waals surface area contributed by atoms with Gasteiger partial charge in [-0.05, 0) is 41.4 Å². The van der Waals surface area contributed by atoms with Crippen molar-refractivity contribution in [1.29, 1.82) is 0 Å². The number of alkyl halides is 3. The molecule has 0 atom stereocenters. The summed E-state index contributed by atoms with van der Waals surface area (Å²) in [6, 6.07) is 11.3. The Morgan fingerprint density at radius 1 is 0.862 bits per heavy atom. The van der Waals surface area contributed by atoms with Crippen LogP contribution in [0.15, 0.2) is 60.7 Å². The third-order valence-corrected chi connectivity index (χ3v) is 4.23. The quantitative estimate of drug-likeness (QED) is 0.498. The van der Waals surface area contributed by atoms with E-state index >= 15 is 0 Å². The summed E-state index contributed by atoms with van der Waals surface area (Å²) in [5, 5.41) is 19.1. The lowest BCUT2D eigenvalue weighted by Crippen LogP contribution is -2.31. The largest absolute Gasteiger partial charge is 0.489 e. The average molecular weight is 408 g/mol. The smallest absolute Gasteiger partial charge is 0.488 e. The molecule has 29 heavy (non-hydrogen) atoms. The van der Waals surface area contributed by atoms with Gasteiger partial charge in [-0.2, -0.15) is 13.2 Å². The van der Waals surface area contributed by atoms with Gasteiger partial charge < -0.3 is 14.8 Å². The summed E-state index contributed by atoms with van der Waals surface area (Å²) in [6.45, 7) is -0.367. The molecule has 0 radical (unpaired) electrons. The van der Waals surface area contributed by atoms with E-state index in [2.05, 4.69) is 0 Å². The summed E-state index contributed by atoms with van der Waals surface area (Å²) in [7, 11) is -1.93. The standard InChI is InChI=1S/C20H14BF5O3/c22-14-7-5-12(18(23)10-14)11-29-19-8-6-13(20(24,25)26)9-16(19)15-3-1-2-4-17(15)21(27)28/h1-10,27-28H,11H2. The molecule has 0 heterocycles. The summed E-state index contributed by atoms with van der Waals surface area (Å²) in [5.41, 5.74) is -0.915. The van der Waals surface area contributed by atoms with Crippen molar-refractivity contribution in [3.8, 4) is 16.9 Å². The predicted octanol–water partition coefficient (Wildman–Crippen LogP) is 3.91. The zero-order valence-electron chi connectivity index (χ0n) is 14.8. The van der Waals surface area contributed by atoms with E-state index in [9.17, 15) is 32.0 Å². The van der Waals surface area contributed by atoms with Crippen LogP contribution in [0.25, 0.3) is 11.1 Å². The first-order chi connectivity index (χ1) is 13.7. The van der Waals surface area contributed by atoms with Crippen molar-refractivity contribution in [2.75, 3.05) is 0 Å². The second-order valence-electron chi connectivity index (χ2n) is 6.19. The van der Waals surface area contributed by atoms with Crippen LogP contribution >= 0.6 is 0 Å². The molecule has 2 N–H and O–H groups in total. The fourth-order valence-corrected chi connectivity index (χ4v) is 2.80. The molecular weight excluding hydrogens is 394 g/mol.